The summed E-state index contributed by atoms with van der Waals surface area (Å²) in [6.07, 6.45) is 0. The minimum atomic E-state index is 0.522. The number of rotatable bonds is 5. The van der Waals surface area contributed by atoms with Gasteiger partial charge in [-0.3, -0.25) is 0 Å². The van der Waals surface area contributed by atoms with Crippen LogP contribution in [0.3, 0.4) is 0 Å². The van der Waals surface area contributed by atoms with Gasteiger partial charge in [-0.2, -0.15) is 5.11 Å². The lowest BCUT2D eigenvalue weighted by atomic mass is 10.1. The van der Waals surface area contributed by atoms with Gasteiger partial charge in [-0.25, -0.2) is 10.5 Å². The largest absolute Gasteiger partial charge is 0.436 e. The summed E-state index contributed by atoms with van der Waals surface area (Å²) in [5.74, 6) is 1.07. The predicted octanol–water partition coefficient (Wildman–Crippen LogP) is 5.53. The molecule has 5 heteroatoms. The molecule has 0 radical (unpaired) electrons. The standard InChI is InChI=1S/C18H20N4O/c1-11(2)10-20-14-8-7-13(9-16(14)22-19)18-21-15-6-4-5-12(3)17(15)23-18/h4-9,11,19-20H,10H2,1-3H3. The second-order valence-corrected chi connectivity index (χ2v) is 6.06. The maximum atomic E-state index is 7.41. The van der Waals surface area contributed by atoms with Crippen LogP contribution in [0.1, 0.15) is 19.4 Å². The van der Waals surface area contributed by atoms with Gasteiger partial charge in [-0.15, -0.1) is 0 Å². The molecule has 3 aromatic rings. The summed E-state index contributed by atoms with van der Waals surface area (Å²) in [6.45, 7) is 7.11. The molecule has 1 aromatic heterocycles. The maximum absolute atomic E-state index is 7.41. The van der Waals surface area contributed by atoms with Gasteiger partial charge in [-0.1, -0.05) is 26.0 Å². The predicted molar refractivity (Wildman–Crippen MR) is 92.3 cm³/mol. The first kappa shape index (κ1) is 15.2. The number of aryl methyl sites for hydroxylation is 1. The third-order valence-electron chi connectivity index (χ3n) is 3.68. The van der Waals surface area contributed by atoms with Crippen molar-refractivity contribution in [2.75, 3.05) is 11.9 Å². The number of anilines is 1. The number of hydrogen-bond donors (Lipinski definition) is 2. The van der Waals surface area contributed by atoms with Gasteiger partial charge in [0.1, 0.15) is 11.2 Å². The van der Waals surface area contributed by atoms with Crippen molar-refractivity contribution in [3.8, 4) is 11.5 Å². The molecule has 0 aliphatic heterocycles. The fraction of sp³-hybridized carbons (Fsp3) is 0.278. The molecule has 0 unspecified atom stereocenters. The minimum absolute atomic E-state index is 0.522. The molecule has 0 saturated heterocycles. The minimum Gasteiger partial charge on any atom is -0.436 e. The Morgan fingerprint density at radius 3 is 2.78 bits per heavy atom. The van der Waals surface area contributed by atoms with Crippen LogP contribution in [0.15, 0.2) is 45.9 Å². The second kappa shape index (κ2) is 6.20. The van der Waals surface area contributed by atoms with Crippen molar-refractivity contribution >= 4 is 22.5 Å². The number of para-hydroxylation sites is 1. The molecule has 5 nitrogen and oxygen atoms in total. The van der Waals surface area contributed by atoms with Crippen LogP contribution in [0.5, 0.6) is 0 Å². The number of fused-ring (bicyclic) bond motifs is 1. The van der Waals surface area contributed by atoms with E-state index in [-0.39, 0.29) is 0 Å². The van der Waals surface area contributed by atoms with Crippen LogP contribution in [0.2, 0.25) is 0 Å². The lowest BCUT2D eigenvalue weighted by Gasteiger charge is -2.11. The molecule has 23 heavy (non-hydrogen) atoms. The third-order valence-corrected chi connectivity index (χ3v) is 3.68. The summed E-state index contributed by atoms with van der Waals surface area (Å²) in [4.78, 5) is 4.53. The van der Waals surface area contributed by atoms with Crippen molar-refractivity contribution in [1.82, 2.24) is 4.98 Å². The lowest BCUT2D eigenvalue weighted by Crippen LogP contribution is -2.07. The van der Waals surface area contributed by atoms with Crippen molar-refractivity contribution < 1.29 is 4.42 Å². The quantitative estimate of drug-likeness (QED) is 0.608. The van der Waals surface area contributed by atoms with E-state index in [0.29, 0.717) is 17.5 Å². The molecule has 0 aliphatic rings. The summed E-state index contributed by atoms with van der Waals surface area (Å²) < 4.78 is 5.89. The van der Waals surface area contributed by atoms with Gasteiger partial charge in [0, 0.05) is 12.1 Å². The molecule has 0 amide bonds. The van der Waals surface area contributed by atoms with E-state index in [4.69, 9.17) is 9.95 Å². The van der Waals surface area contributed by atoms with E-state index in [1.807, 2.05) is 43.3 Å². The molecular weight excluding hydrogens is 288 g/mol. The summed E-state index contributed by atoms with van der Waals surface area (Å²) >= 11 is 0. The smallest absolute Gasteiger partial charge is 0.227 e. The van der Waals surface area contributed by atoms with Crippen LogP contribution in [0.25, 0.3) is 22.6 Å². The van der Waals surface area contributed by atoms with Crippen molar-refractivity contribution in [3.05, 3.63) is 42.0 Å². The second-order valence-electron chi connectivity index (χ2n) is 6.06. The average Bonchev–Trinajstić information content (AvgIpc) is 2.98. The monoisotopic (exact) mass is 308 g/mol. The molecule has 0 aliphatic carbocycles. The van der Waals surface area contributed by atoms with Gasteiger partial charge >= 0.3 is 0 Å². The Balaban J connectivity index is 1.98. The summed E-state index contributed by atoms with van der Waals surface area (Å²) in [5.41, 5.74) is 12.4. The number of nitrogens with one attached hydrogen (secondary N) is 2. The Kier molecular flexibility index (Phi) is 4.10. The van der Waals surface area contributed by atoms with Crippen LogP contribution in [0, 0.1) is 18.4 Å². The Morgan fingerprint density at radius 2 is 2.09 bits per heavy atom. The highest BCUT2D eigenvalue weighted by Gasteiger charge is 2.12. The molecule has 2 aromatic carbocycles. The molecule has 0 saturated carbocycles. The van der Waals surface area contributed by atoms with Crippen LogP contribution in [-0.2, 0) is 0 Å². The maximum Gasteiger partial charge on any atom is 0.227 e. The van der Waals surface area contributed by atoms with Crippen molar-refractivity contribution in [2.45, 2.75) is 20.8 Å². The Hall–Kier alpha value is -2.69. The van der Waals surface area contributed by atoms with Gasteiger partial charge in [0.2, 0.25) is 5.89 Å². The highest BCUT2D eigenvalue weighted by molar-refractivity contribution is 5.80. The average molecular weight is 308 g/mol. The Bertz CT molecular complexity index is 851. The molecule has 0 spiro atoms. The van der Waals surface area contributed by atoms with Gasteiger partial charge in [-0.05, 0) is 42.7 Å². The van der Waals surface area contributed by atoms with Crippen molar-refractivity contribution in [3.63, 3.8) is 0 Å². The lowest BCUT2D eigenvalue weighted by molar-refractivity contribution is 0.617. The Morgan fingerprint density at radius 1 is 1.26 bits per heavy atom. The van der Waals surface area contributed by atoms with E-state index in [9.17, 15) is 0 Å². The normalized spacial score (nSPS) is 11.1. The zero-order chi connectivity index (χ0) is 16.4. The fourth-order valence-electron chi connectivity index (χ4n) is 2.43. The van der Waals surface area contributed by atoms with E-state index >= 15 is 0 Å². The molecule has 0 fully saturated rings. The molecule has 3 rings (SSSR count). The molecule has 2 N–H and O–H groups in total. The summed E-state index contributed by atoms with van der Waals surface area (Å²) in [6, 6.07) is 11.6. The van der Waals surface area contributed by atoms with Crippen LogP contribution < -0.4 is 5.32 Å². The number of oxazole rings is 1. The van der Waals surface area contributed by atoms with Crippen LogP contribution in [-0.4, -0.2) is 11.5 Å². The van der Waals surface area contributed by atoms with E-state index in [0.717, 1.165) is 34.5 Å². The SMILES string of the molecule is Cc1cccc2nc(-c3ccc(NCC(C)C)c(N=N)c3)oc12. The highest BCUT2D eigenvalue weighted by Crippen LogP contribution is 2.32. The number of aromatic nitrogens is 1. The number of nitrogens with zero attached hydrogens (tertiary/aromatic N) is 2. The van der Waals surface area contributed by atoms with Gasteiger partial charge < -0.3 is 9.73 Å². The fourth-order valence-corrected chi connectivity index (χ4v) is 2.43. The van der Waals surface area contributed by atoms with Gasteiger partial charge in [0.25, 0.3) is 0 Å². The zero-order valence-corrected chi connectivity index (χ0v) is 13.6. The van der Waals surface area contributed by atoms with Crippen molar-refractivity contribution in [1.29, 1.82) is 5.53 Å². The number of benzene rings is 2. The first-order valence-electron chi connectivity index (χ1n) is 7.70. The van der Waals surface area contributed by atoms with E-state index in [1.165, 1.54) is 0 Å². The first-order valence-corrected chi connectivity index (χ1v) is 7.70. The first-order chi connectivity index (χ1) is 11.1. The third kappa shape index (κ3) is 3.08. The molecular formula is C18H20N4O. The summed E-state index contributed by atoms with van der Waals surface area (Å²) in [7, 11) is 0. The van der Waals surface area contributed by atoms with Gasteiger partial charge in [0.05, 0.1) is 5.69 Å². The highest BCUT2D eigenvalue weighted by atomic mass is 16.3. The van der Waals surface area contributed by atoms with E-state index in [1.54, 1.807) is 0 Å². The van der Waals surface area contributed by atoms with Gasteiger partial charge in [0.15, 0.2) is 5.58 Å². The van der Waals surface area contributed by atoms with E-state index < -0.39 is 0 Å². The summed E-state index contributed by atoms with van der Waals surface area (Å²) in [5, 5.41) is 6.94. The molecule has 0 atom stereocenters. The van der Waals surface area contributed by atoms with Crippen LogP contribution >= 0.6 is 0 Å². The van der Waals surface area contributed by atoms with Crippen LogP contribution in [0.4, 0.5) is 11.4 Å². The molecule has 118 valence electrons. The molecule has 0 bridgehead atoms. The molecule has 1 heterocycles. The number of hydrogen-bond acceptors (Lipinski definition) is 5. The zero-order valence-electron chi connectivity index (χ0n) is 13.6. The topological polar surface area (TPSA) is 74.3 Å². The van der Waals surface area contributed by atoms with E-state index in [2.05, 4.69) is 29.3 Å². The Labute approximate surface area is 135 Å². The van der Waals surface area contributed by atoms with Crippen molar-refractivity contribution in [2.24, 2.45) is 11.0 Å².